The van der Waals surface area contributed by atoms with Crippen molar-refractivity contribution in [3.8, 4) is 0 Å². The Hall–Kier alpha value is -2.56. The molecule has 0 aliphatic carbocycles. The summed E-state index contributed by atoms with van der Waals surface area (Å²) in [6.07, 6.45) is 2.17. The molecule has 0 unspecified atom stereocenters. The fraction of sp³-hybridized carbons (Fsp3) is 0.294. The van der Waals surface area contributed by atoms with Crippen molar-refractivity contribution >= 4 is 28.2 Å². The number of carboxylic acid groups (broad SMARTS) is 1. The Morgan fingerprint density at radius 3 is 2.59 bits per heavy atom. The molecule has 22 heavy (non-hydrogen) atoms. The Kier molecular flexibility index (Phi) is 2.92. The van der Waals surface area contributed by atoms with E-state index in [1.807, 2.05) is 20.0 Å². The van der Waals surface area contributed by atoms with Crippen molar-refractivity contribution in [2.45, 2.75) is 26.3 Å². The molecule has 0 radical (unpaired) electrons. The van der Waals surface area contributed by atoms with Gasteiger partial charge in [0.2, 0.25) is 0 Å². The average Bonchev–Trinajstić information content (AvgIpc) is 2.42. The van der Waals surface area contributed by atoms with E-state index in [1.54, 1.807) is 6.07 Å². The smallest absolute Gasteiger partial charge is 0.351 e. The first-order valence-electron chi connectivity index (χ1n) is 6.99. The van der Waals surface area contributed by atoms with Crippen molar-refractivity contribution in [2.75, 3.05) is 11.9 Å². The van der Waals surface area contributed by atoms with Crippen LogP contribution in [0.25, 0.3) is 16.5 Å². The average molecular weight is 299 g/mol. The van der Waals surface area contributed by atoms with Crippen LogP contribution in [0, 0.1) is 0 Å². The van der Waals surface area contributed by atoms with Gasteiger partial charge in [0.1, 0.15) is 11.1 Å². The van der Waals surface area contributed by atoms with Gasteiger partial charge in [-0.15, -0.1) is 0 Å². The number of anilines is 1. The number of likely N-dealkylation sites (N-methyl/N-ethyl adjacent to an activating group) is 1. The minimum absolute atomic E-state index is 0.147. The van der Waals surface area contributed by atoms with Gasteiger partial charge in [0.25, 0.3) is 0 Å². The molecule has 0 bridgehead atoms. The van der Waals surface area contributed by atoms with Crippen LogP contribution in [0.5, 0.6) is 0 Å². The lowest BCUT2D eigenvalue weighted by Crippen LogP contribution is -2.42. The molecule has 2 aromatic rings. The lowest BCUT2D eigenvalue weighted by molar-refractivity contribution is 0.0692. The van der Waals surface area contributed by atoms with Gasteiger partial charge in [-0.05, 0) is 38.5 Å². The van der Waals surface area contributed by atoms with Gasteiger partial charge < -0.3 is 14.4 Å². The molecule has 114 valence electrons. The topological polar surface area (TPSA) is 70.8 Å². The predicted octanol–water partition coefficient (Wildman–Crippen LogP) is 3.12. The van der Waals surface area contributed by atoms with E-state index in [4.69, 9.17) is 9.52 Å². The molecule has 1 N–H and O–H groups in total. The zero-order valence-corrected chi connectivity index (χ0v) is 12.9. The van der Waals surface area contributed by atoms with Crippen LogP contribution in [0.3, 0.4) is 0 Å². The number of rotatable bonds is 1. The van der Waals surface area contributed by atoms with E-state index in [0.29, 0.717) is 11.0 Å². The first-order chi connectivity index (χ1) is 10.2. The molecule has 0 saturated carbocycles. The van der Waals surface area contributed by atoms with E-state index < -0.39 is 11.6 Å². The third kappa shape index (κ3) is 2.01. The fourth-order valence-electron chi connectivity index (χ4n) is 2.91. The van der Waals surface area contributed by atoms with E-state index >= 15 is 0 Å². The molecule has 1 aromatic carbocycles. The van der Waals surface area contributed by atoms with Crippen molar-refractivity contribution in [1.82, 2.24) is 0 Å². The number of fused-ring (bicyclic) bond motifs is 2. The van der Waals surface area contributed by atoms with Crippen LogP contribution >= 0.6 is 0 Å². The normalized spacial score (nSPS) is 16.4. The van der Waals surface area contributed by atoms with Gasteiger partial charge in [-0.2, -0.15) is 0 Å². The van der Waals surface area contributed by atoms with Gasteiger partial charge in [0.05, 0.1) is 5.54 Å². The summed E-state index contributed by atoms with van der Waals surface area (Å²) in [5.74, 6) is -1.28. The standard InChI is InChI=1S/C17H17NO4/c1-9-8-17(2,3)18(4)13-7-14-10(5-11(9)13)6-12(15(19)20)16(21)22-14/h5-8H,1-4H3,(H,19,20). The fourth-order valence-corrected chi connectivity index (χ4v) is 2.91. The molecule has 0 fully saturated rings. The summed E-state index contributed by atoms with van der Waals surface area (Å²) in [5.41, 5.74) is 2.16. The lowest BCUT2D eigenvalue weighted by atomic mass is 9.88. The van der Waals surface area contributed by atoms with Crippen LogP contribution in [0.2, 0.25) is 0 Å². The Morgan fingerprint density at radius 1 is 1.27 bits per heavy atom. The van der Waals surface area contributed by atoms with Gasteiger partial charge in [0.15, 0.2) is 0 Å². The van der Waals surface area contributed by atoms with E-state index in [1.165, 1.54) is 6.07 Å². The Balaban J connectivity index is 2.34. The van der Waals surface area contributed by atoms with Crippen molar-refractivity contribution in [1.29, 1.82) is 0 Å². The van der Waals surface area contributed by atoms with E-state index in [2.05, 4.69) is 24.8 Å². The summed E-state index contributed by atoms with van der Waals surface area (Å²) in [6, 6.07) is 5.05. The molecule has 5 nitrogen and oxygen atoms in total. The molecule has 1 aliphatic heterocycles. The van der Waals surface area contributed by atoms with Crippen LogP contribution in [0.15, 0.2) is 33.5 Å². The molecule has 5 heteroatoms. The van der Waals surface area contributed by atoms with E-state index in [0.717, 1.165) is 16.8 Å². The summed E-state index contributed by atoms with van der Waals surface area (Å²) in [7, 11) is 1.98. The second-order valence-electron chi connectivity index (χ2n) is 6.20. The number of allylic oxidation sites excluding steroid dienone is 1. The molecule has 0 atom stereocenters. The molecule has 1 aromatic heterocycles. The van der Waals surface area contributed by atoms with Gasteiger partial charge in [-0.3, -0.25) is 0 Å². The third-order valence-corrected chi connectivity index (χ3v) is 4.30. The molecule has 0 amide bonds. The van der Waals surface area contributed by atoms with Crippen LogP contribution < -0.4 is 10.5 Å². The minimum atomic E-state index is -1.28. The Morgan fingerprint density at radius 2 is 1.95 bits per heavy atom. The summed E-state index contributed by atoms with van der Waals surface area (Å²) < 4.78 is 5.19. The number of nitrogens with zero attached hydrogens (tertiary/aromatic N) is 1. The SMILES string of the molecule is CC1=CC(C)(C)N(C)c2cc3oc(=O)c(C(=O)O)cc3cc21. The third-order valence-electron chi connectivity index (χ3n) is 4.30. The quantitative estimate of drug-likeness (QED) is 0.819. The van der Waals surface area contributed by atoms with Crippen LogP contribution in [0.4, 0.5) is 5.69 Å². The summed E-state index contributed by atoms with van der Waals surface area (Å²) in [6.45, 7) is 6.23. The molecule has 1 aliphatic rings. The van der Waals surface area contributed by atoms with Crippen LogP contribution in [0.1, 0.15) is 36.7 Å². The Bertz CT molecular complexity index is 889. The van der Waals surface area contributed by atoms with Gasteiger partial charge in [0, 0.05) is 29.8 Å². The van der Waals surface area contributed by atoms with E-state index in [-0.39, 0.29) is 11.1 Å². The van der Waals surface area contributed by atoms with Crippen molar-refractivity contribution < 1.29 is 14.3 Å². The molecule has 2 heterocycles. The van der Waals surface area contributed by atoms with Gasteiger partial charge >= 0.3 is 11.6 Å². The van der Waals surface area contributed by atoms with Crippen molar-refractivity contribution in [2.24, 2.45) is 0 Å². The first kappa shape index (κ1) is 14.4. The lowest BCUT2D eigenvalue weighted by Gasteiger charge is -2.40. The predicted molar refractivity (Wildman–Crippen MR) is 85.6 cm³/mol. The maximum absolute atomic E-state index is 11.7. The first-order valence-corrected chi connectivity index (χ1v) is 6.99. The molecule has 0 saturated heterocycles. The largest absolute Gasteiger partial charge is 0.477 e. The maximum atomic E-state index is 11.7. The summed E-state index contributed by atoms with van der Waals surface area (Å²) in [4.78, 5) is 24.9. The second-order valence-corrected chi connectivity index (χ2v) is 6.20. The summed E-state index contributed by atoms with van der Waals surface area (Å²) in [5, 5.41) is 9.65. The number of benzene rings is 1. The zero-order chi connectivity index (χ0) is 16.2. The van der Waals surface area contributed by atoms with Crippen LogP contribution in [-0.2, 0) is 0 Å². The summed E-state index contributed by atoms with van der Waals surface area (Å²) >= 11 is 0. The number of aromatic carboxylic acids is 1. The van der Waals surface area contributed by atoms with Gasteiger partial charge in [-0.25, -0.2) is 9.59 Å². The zero-order valence-electron chi connectivity index (χ0n) is 12.9. The molecular formula is C17H17NO4. The van der Waals surface area contributed by atoms with Crippen molar-refractivity contribution in [3.05, 3.63) is 45.8 Å². The number of carboxylic acids is 1. The highest BCUT2D eigenvalue weighted by atomic mass is 16.4. The Labute approximate surface area is 127 Å². The maximum Gasteiger partial charge on any atom is 0.351 e. The molecule has 0 spiro atoms. The number of hydrogen-bond acceptors (Lipinski definition) is 4. The van der Waals surface area contributed by atoms with Crippen molar-refractivity contribution in [3.63, 3.8) is 0 Å². The van der Waals surface area contributed by atoms with Crippen LogP contribution in [-0.4, -0.2) is 23.7 Å². The van der Waals surface area contributed by atoms with E-state index in [9.17, 15) is 9.59 Å². The monoisotopic (exact) mass is 299 g/mol. The number of hydrogen-bond donors (Lipinski definition) is 1. The highest BCUT2D eigenvalue weighted by Gasteiger charge is 2.29. The highest BCUT2D eigenvalue weighted by Crippen LogP contribution is 2.39. The van der Waals surface area contributed by atoms with Gasteiger partial charge in [-0.1, -0.05) is 6.08 Å². The second kappa shape index (κ2) is 4.47. The minimum Gasteiger partial charge on any atom is -0.477 e. The number of carbonyl (C=O) groups is 1. The molecule has 3 rings (SSSR count). The highest BCUT2D eigenvalue weighted by molar-refractivity contribution is 5.95. The molecular weight excluding hydrogens is 282 g/mol.